The van der Waals surface area contributed by atoms with E-state index in [1.165, 1.54) is 28.9 Å². The molecule has 0 spiro atoms. The van der Waals surface area contributed by atoms with E-state index in [4.69, 9.17) is 23.2 Å². The summed E-state index contributed by atoms with van der Waals surface area (Å²) in [5.74, 6) is 0. The van der Waals surface area contributed by atoms with Crippen LogP contribution in [0.4, 0.5) is 11.4 Å². The van der Waals surface area contributed by atoms with Crippen LogP contribution in [-0.2, 0) is 6.42 Å². The number of hydrogen-bond acceptors (Lipinski definition) is 1. The molecule has 0 unspecified atom stereocenters. The second kappa shape index (κ2) is 6.60. The summed E-state index contributed by atoms with van der Waals surface area (Å²) in [6.07, 6.45) is 3.21. The number of halogens is 3. The molecule has 1 nitrogen and oxygen atoms in total. The Morgan fingerprint density at radius 1 is 0.905 bits per heavy atom. The van der Waals surface area contributed by atoms with Gasteiger partial charge in [-0.3, -0.25) is 0 Å². The highest BCUT2D eigenvalue weighted by molar-refractivity contribution is 9.09. The van der Waals surface area contributed by atoms with Gasteiger partial charge in [0.15, 0.2) is 0 Å². The Bertz CT molecular complexity index is 606. The van der Waals surface area contributed by atoms with Crippen molar-refractivity contribution in [3.63, 3.8) is 0 Å². The van der Waals surface area contributed by atoms with E-state index in [-0.39, 0.29) is 0 Å². The minimum Gasteiger partial charge on any atom is -0.341 e. The summed E-state index contributed by atoms with van der Waals surface area (Å²) < 4.78 is 0. The number of fused-ring (bicyclic) bond motifs is 2. The lowest BCUT2D eigenvalue weighted by atomic mass is 9.95. The Hall–Kier alpha value is -0.700. The van der Waals surface area contributed by atoms with E-state index in [1.807, 2.05) is 12.1 Å². The molecule has 0 N–H and O–H groups in total. The van der Waals surface area contributed by atoms with Crippen LogP contribution < -0.4 is 4.90 Å². The average Bonchev–Trinajstić information content (AvgIpc) is 2.46. The first-order valence-corrected chi connectivity index (χ1v) is 8.97. The molecule has 0 atom stereocenters. The van der Waals surface area contributed by atoms with Crippen molar-refractivity contribution in [2.45, 2.75) is 19.3 Å². The molecule has 0 aromatic heterocycles. The molecule has 1 heterocycles. The summed E-state index contributed by atoms with van der Waals surface area (Å²) in [7, 11) is 0. The minimum absolute atomic E-state index is 0.791. The molecule has 0 amide bonds. The van der Waals surface area contributed by atoms with Crippen LogP contribution in [0, 0.1) is 0 Å². The van der Waals surface area contributed by atoms with Crippen molar-refractivity contribution in [2.75, 3.05) is 16.8 Å². The predicted octanol–water partition coefficient (Wildman–Crippen LogP) is 6.21. The Morgan fingerprint density at radius 3 is 2.00 bits per heavy atom. The third-order valence-electron chi connectivity index (χ3n) is 3.81. The third kappa shape index (κ3) is 3.23. The summed E-state index contributed by atoms with van der Waals surface area (Å²) in [5.41, 5.74) is 5.08. The molecule has 4 heteroatoms. The molecule has 0 fully saturated rings. The molecule has 2 aromatic rings. The van der Waals surface area contributed by atoms with Crippen LogP contribution in [0.5, 0.6) is 0 Å². The minimum atomic E-state index is 0.791. The van der Waals surface area contributed by atoms with E-state index >= 15 is 0 Å². The smallest absolute Gasteiger partial charge is 0.0447 e. The quantitative estimate of drug-likeness (QED) is 0.447. The van der Waals surface area contributed by atoms with Crippen LogP contribution in [-0.4, -0.2) is 11.9 Å². The highest BCUT2D eigenvalue weighted by atomic mass is 79.9. The van der Waals surface area contributed by atoms with Crippen molar-refractivity contribution in [1.82, 2.24) is 0 Å². The lowest BCUT2D eigenvalue weighted by Crippen LogP contribution is -2.24. The maximum Gasteiger partial charge on any atom is 0.0447 e. The fourth-order valence-corrected chi connectivity index (χ4v) is 3.64. The van der Waals surface area contributed by atoms with E-state index in [2.05, 4.69) is 45.1 Å². The number of hydrogen-bond donors (Lipinski definition) is 0. The molecule has 2 aromatic carbocycles. The molecule has 0 saturated carbocycles. The van der Waals surface area contributed by atoms with Crippen molar-refractivity contribution >= 4 is 50.5 Å². The molecule has 3 rings (SSSR count). The summed E-state index contributed by atoms with van der Waals surface area (Å²) in [6, 6.07) is 12.3. The van der Waals surface area contributed by atoms with Gasteiger partial charge in [-0.05, 0) is 60.4 Å². The maximum atomic E-state index is 6.16. The normalized spacial score (nSPS) is 13.0. The molecular formula is C17H16BrCl2N. The highest BCUT2D eigenvalue weighted by Gasteiger charge is 2.22. The molecule has 21 heavy (non-hydrogen) atoms. The van der Waals surface area contributed by atoms with E-state index in [9.17, 15) is 0 Å². The van der Waals surface area contributed by atoms with Crippen molar-refractivity contribution in [3.05, 3.63) is 57.6 Å². The Morgan fingerprint density at radius 2 is 1.48 bits per heavy atom. The average molecular weight is 385 g/mol. The number of benzene rings is 2. The lowest BCUT2D eigenvalue weighted by molar-refractivity contribution is 0.784. The molecule has 110 valence electrons. The first-order valence-electron chi connectivity index (χ1n) is 7.09. The summed E-state index contributed by atoms with van der Waals surface area (Å²) in [6.45, 7) is 1.01. The molecular weight excluding hydrogens is 369 g/mol. The number of anilines is 2. The SMILES string of the molecule is Clc1ccc2c(c1)Cc1cc(Cl)ccc1N2CCCCBr. The summed E-state index contributed by atoms with van der Waals surface area (Å²) in [4.78, 5) is 2.39. The fourth-order valence-electron chi connectivity index (χ4n) is 2.86. The second-order valence-electron chi connectivity index (χ2n) is 5.27. The van der Waals surface area contributed by atoms with Crippen LogP contribution in [0.1, 0.15) is 24.0 Å². The zero-order chi connectivity index (χ0) is 14.8. The van der Waals surface area contributed by atoms with Crippen LogP contribution in [0.2, 0.25) is 10.0 Å². The molecule has 0 bridgehead atoms. The summed E-state index contributed by atoms with van der Waals surface area (Å²) >= 11 is 15.8. The number of rotatable bonds is 4. The van der Waals surface area contributed by atoms with Gasteiger partial charge in [0.05, 0.1) is 0 Å². The number of unbranched alkanes of at least 4 members (excludes halogenated alkanes) is 1. The Kier molecular flexibility index (Phi) is 4.78. The van der Waals surface area contributed by atoms with Gasteiger partial charge < -0.3 is 4.90 Å². The first kappa shape index (κ1) is 15.2. The van der Waals surface area contributed by atoms with Crippen LogP contribution in [0.15, 0.2) is 36.4 Å². The molecule has 0 saturated heterocycles. The Labute approximate surface area is 144 Å². The topological polar surface area (TPSA) is 3.24 Å². The van der Waals surface area contributed by atoms with Gasteiger partial charge in [-0.25, -0.2) is 0 Å². The van der Waals surface area contributed by atoms with Gasteiger partial charge in [0.25, 0.3) is 0 Å². The van der Waals surface area contributed by atoms with Crippen molar-refractivity contribution in [2.24, 2.45) is 0 Å². The standard InChI is InChI=1S/C17H16BrCl2N/c18-7-1-2-8-21-16-5-3-14(19)10-12(16)9-13-11-15(20)4-6-17(13)21/h3-6,10-11H,1-2,7-9H2. The van der Waals surface area contributed by atoms with Crippen molar-refractivity contribution < 1.29 is 0 Å². The molecule has 0 radical (unpaired) electrons. The predicted molar refractivity (Wildman–Crippen MR) is 95.7 cm³/mol. The van der Waals surface area contributed by atoms with Gasteiger partial charge in [0.1, 0.15) is 0 Å². The fraction of sp³-hybridized carbons (Fsp3) is 0.294. The van der Waals surface area contributed by atoms with Crippen molar-refractivity contribution in [3.8, 4) is 0 Å². The van der Waals surface area contributed by atoms with Gasteiger partial charge in [-0.2, -0.15) is 0 Å². The van der Waals surface area contributed by atoms with E-state index in [0.717, 1.165) is 34.8 Å². The van der Waals surface area contributed by atoms with Crippen LogP contribution >= 0.6 is 39.1 Å². The van der Waals surface area contributed by atoms with E-state index < -0.39 is 0 Å². The largest absolute Gasteiger partial charge is 0.341 e. The lowest BCUT2D eigenvalue weighted by Gasteiger charge is -2.33. The number of nitrogens with zero attached hydrogens (tertiary/aromatic N) is 1. The molecule has 0 aliphatic carbocycles. The second-order valence-corrected chi connectivity index (χ2v) is 6.94. The molecule has 1 aliphatic rings. The summed E-state index contributed by atoms with van der Waals surface area (Å²) in [5, 5.41) is 2.63. The van der Waals surface area contributed by atoms with Crippen LogP contribution in [0.3, 0.4) is 0 Å². The van der Waals surface area contributed by atoms with Gasteiger partial charge in [0.2, 0.25) is 0 Å². The van der Waals surface area contributed by atoms with Gasteiger partial charge in [-0.15, -0.1) is 0 Å². The zero-order valence-corrected chi connectivity index (χ0v) is 14.7. The van der Waals surface area contributed by atoms with Gasteiger partial charge >= 0.3 is 0 Å². The zero-order valence-electron chi connectivity index (χ0n) is 11.6. The monoisotopic (exact) mass is 383 g/mol. The maximum absolute atomic E-state index is 6.16. The van der Waals surface area contributed by atoms with Gasteiger partial charge in [-0.1, -0.05) is 39.1 Å². The van der Waals surface area contributed by atoms with E-state index in [1.54, 1.807) is 0 Å². The highest BCUT2D eigenvalue weighted by Crippen LogP contribution is 2.40. The number of alkyl halides is 1. The third-order valence-corrected chi connectivity index (χ3v) is 4.84. The van der Waals surface area contributed by atoms with Crippen molar-refractivity contribution in [1.29, 1.82) is 0 Å². The Balaban J connectivity index is 2.01. The molecule has 1 aliphatic heterocycles. The van der Waals surface area contributed by atoms with Gasteiger partial charge in [0, 0.05) is 39.7 Å². The first-order chi connectivity index (χ1) is 10.2. The van der Waals surface area contributed by atoms with Crippen LogP contribution in [0.25, 0.3) is 0 Å². The van der Waals surface area contributed by atoms with E-state index in [0.29, 0.717) is 0 Å².